The summed E-state index contributed by atoms with van der Waals surface area (Å²) in [5, 5.41) is 0. The van der Waals surface area contributed by atoms with Gasteiger partial charge in [-0.3, -0.25) is 0 Å². The maximum Gasteiger partial charge on any atom is 0.139 e. The van der Waals surface area contributed by atoms with Gasteiger partial charge >= 0.3 is 0 Å². The number of nitrogens with zero attached hydrogens (tertiary/aromatic N) is 2. The van der Waals surface area contributed by atoms with Gasteiger partial charge in [0.2, 0.25) is 0 Å². The van der Waals surface area contributed by atoms with Crippen molar-refractivity contribution in [1.29, 1.82) is 0 Å². The molecule has 0 radical (unpaired) electrons. The van der Waals surface area contributed by atoms with Gasteiger partial charge in [-0.1, -0.05) is 42.5 Å². The number of rotatable bonds is 4. The average molecular weight is 231 g/mol. The molecule has 0 aliphatic carbocycles. The SMILES string of the molecule is NC(=S)CCn1ccnc1-c1ccccc1. The van der Waals surface area contributed by atoms with Crippen LogP contribution in [0.15, 0.2) is 42.7 Å². The Morgan fingerprint density at radius 3 is 2.75 bits per heavy atom. The fourth-order valence-corrected chi connectivity index (χ4v) is 1.66. The monoisotopic (exact) mass is 231 g/mol. The van der Waals surface area contributed by atoms with Crippen molar-refractivity contribution < 1.29 is 0 Å². The molecule has 2 aromatic rings. The molecule has 3 nitrogen and oxygen atoms in total. The number of imidazole rings is 1. The predicted molar refractivity (Wildman–Crippen MR) is 69.1 cm³/mol. The summed E-state index contributed by atoms with van der Waals surface area (Å²) >= 11 is 4.87. The summed E-state index contributed by atoms with van der Waals surface area (Å²) in [4.78, 5) is 4.88. The van der Waals surface area contributed by atoms with Gasteiger partial charge in [-0.15, -0.1) is 0 Å². The Bertz CT molecular complexity index is 476. The molecule has 0 spiro atoms. The minimum Gasteiger partial charge on any atom is -0.393 e. The number of benzene rings is 1. The second-order valence-electron chi connectivity index (χ2n) is 3.53. The molecule has 0 amide bonds. The lowest BCUT2D eigenvalue weighted by atomic mass is 10.2. The molecular formula is C12H13N3S. The van der Waals surface area contributed by atoms with Crippen LogP contribution >= 0.6 is 12.2 Å². The van der Waals surface area contributed by atoms with E-state index in [1.54, 1.807) is 6.20 Å². The molecule has 0 fully saturated rings. The first-order chi connectivity index (χ1) is 7.77. The molecule has 0 saturated carbocycles. The first-order valence-electron chi connectivity index (χ1n) is 5.12. The summed E-state index contributed by atoms with van der Waals surface area (Å²) in [7, 11) is 0. The summed E-state index contributed by atoms with van der Waals surface area (Å²) in [6, 6.07) is 10.1. The minimum absolute atomic E-state index is 0.535. The van der Waals surface area contributed by atoms with Crippen molar-refractivity contribution in [3.63, 3.8) is 0 Å². The van der Waals surface area contributed by atoms with Crippen LogP contribution in [0.3, 0.4) is 0 Å². The van der Waals surface area contributed by atoms with Crippen LogP contribution in [0, 0.1) is 0 Å². The summed E-state index contributed by atoms with van der Waals surface area (Å²) in [6.45, 7) is 0.777. The van der Waals surface area contributed by atoms with Gasteiger partial charge in [-0.25, -0.2) is 4.98 Å². The molecule has 1 aromatic carbocycles. The summed E-state index contributed by atoms with van der Waals surface area (Å²) in [5.74, 6) is 0.955. The van der Waals surface area contributed by atoms with Gasteiger partial charge < -0.3 is 10.3 Å². The standard InChI is InChI=1S/C12H13N3S/c13-11(16)6-8-15-9-7-14-12(15)10-4-2-1-3-5-10/h1-5,7,9H,6,8H2,(H2,13,16). The van der Waals surface area contributed by atoms with Crippen molar-refractivity contribution in [1.82, 2.24) is 9.55 Å². The van der Waals surface area contributed by atoms with Gasteiger partial charge in [0.05, 0.1) is 4.99 Å². The van der Waals surface area contributed by atoms with E-state index in [-0.39, 0.29) is 0 Å². The van der Waals surface area contributed by atoms with Crippen LogP contribution < -0.4 is 5.73 Å². The van der Waals surface area contributed by atoms with E-state index in [1.807, 2.05) is 36.5 Å². The number of hydrogen-bond acceptors (Lipinski definition) is 2. The van der Waals surface area contributed by atoms with E-state index in [2.05, 4.69) is 9.55 Å². The third kappa shape index (κ3) is 2.46. The number of nitrogens with two attached hydrogens (primary N) is 1. The molecule has 0 aliphatic rings. The maximum absolute atomic E-state index is 5.50. The van der Waals surface area contributed by atoms with Gasteiger partial charge in [0.15, 0.2) is 0 Å². The highest BCUT2D eigenvalue weighted by Gasteiger charge is 2.04. The van der Waals surface area contributed by atoms with E-state index in [4.69, 9.17) is 18.0 Å². The smallest absolute Gasteiger partial charge is 0.139 e. The Morgan fingerprint density at radius 1 is 1.31 bits per heavy atom. The van der Waals surface area contributed by atoms with Crippen LogP contribution in [0.25, 0.3) is 11.4 Å². The highest BCUT2D eigenvalue weighted by molar-refractivity contribution is 7.80. The van der Waals surface area contributed by atoms with Crippen LogP contribution in [-0.4, -0.2) is 14.5 Å². The molecule has 0 unspecified atom stereocenters. The Labute approximate surface area is 99.9 Å². The summed E-state index contributed by atoms with van der Waals surface area (Å²) in [6.07, 6.45) is 4.44. The number of thiocarbonyl (C=S) groups is 1. The van der Waals surface area contributed by atoms with Gasteiger partial charge in [-0.05, 0) is 0 Å². The van der Waals surface area contributed by atoms with Crippen LogP contribution in [0.1, 0.15) is 6.42 Å². The van der Waals surface area contributed by atoms with Crippen molar-refractivity contribution in [3.05, 3.63) is 42.7 Å². The van der Waals surface area contributed by atoms with Gasteiger partial charge in [0, 0.05) is 30.9 Å². The molecule has 2 rings (SSSR count). The highest BCUT2D eigenvalue weighted by atomic mass is 32.1. The van der Waals surface area contributed by atoms with Gasteiger partial charge in [0.1, 0.15) is 5.82 Å². The van der Waals surface area contributed by atoms with Crippen molar-refractivity contribution in [3.8, 4) is 11.4 Å². The van der Waals surface area contributed by atoms with E-state index >= 15 is 0 Å². The Morgan fingerprint density at radius 2 is 2.06 bits per heavy atom. The quantitative estimate of drug-likeness (QED) is 0.821. The summed E-state index contributed by atoms with van der Waals surface area (Å²) in [5.41, 5.74) is 6.60. The molecule has 1 heterocycles. The molecule has 1 aromatic heterocycles. The van der Waals surface area contributed by atoms with Gasteiger partial charge in [0.25, 0.3) is 0 Å². The zero-order chi connectivity index (χ0) is 11.4. The Kier molecular flexibility index (Phi) is 3.31. The van der Waals surface area contributed by atoms with Crippen molar-refractivity contribution in [2.24, 2.45) is 5.73 Å². The topological polar surface area (TPSA) is 43.8 Å². The van der Waals surface area contributed by atoms with Crippen LogP contribution in [-0.2, 0) is 6.54 Å². The third-order valence-corrected chi connectivity index (χ3v) is 2.55. The second kappa shape index (κ2) is 4.90. The van der Waals surface area contributed by atoms with Crippen LogP contribution in [0.5, 0.6) is 0 Å². The third-order valence-electron chi connectivity index (χ3n) is 2.35. The van der Waals surface area contributed by atoms with Gasteiger partial charge in [-0.2, -0.15) is 0 Å². The molecule has 0 aliphatic heterocycles. The maximum atomic E-state index is 5.50. The zero-order valence-electron chi connectivity index (χ0n) is 8.84. The van der Waals surface area contributed by atoms with Crippen LogP contribution in [0.2, 0.25) is 0 Å². The molecule has 0 bridgehead atoms. The number of aryl methyl sites for hydroxylation is 1. The normalized spacial score (nSPS) is 10.2. The lowest BCUT2D eigenvalue weighted by Gasteiger charge is -2.06. The van der Waals surface area contributed by atoms with Crippen molar-refractivity contribution >= 4 is 17.2 Å². The molecule has 4 heteroatoms. The Hall–Kier alpha value is -1.68. The predicted octanol–water partition coefficient (Wildman–Crippen LogP) is 2.23. The lowest BCUT2D eigenvalue weighted by Crippen LogP contribution is -2.12. The van der Waals surface area contributed by atoms with Crippen LogP contribution in [0.4, 0.5) is 0 Å². The van der Waals surface area contributed by atoms with Crippen molar-refractivity contribution in [2.75, 3.05) is 0 Å². The second-order valence-corrected chi connectivity index (χ2v) is 4.05. The zero-order valence-corrected chi connectivity index (χ0v) is 9.65. The first-order valence-corrected chi connectivity index (χ1v) is 5.53. The van der Waals surface area contributed by atoms with E-state index in [0.29, 0.717) is 11.4 Å². The molecule has 0 saturated heterocycles. The molecule has 2 N–H and O–H groups in total. The lowest BCUT2D eigenvalue weighted by molar-refractivity contribution is 0.734. The molecule has 82 valence electrons. The fraction of sp³-hybridized carbons (Fsp3) is 0.167. The van der Waals surface area contributed by atoms with E-state index in [1.165, 1.54) is 0 Å². The van der Waals surface area contributed by atoms with E-state index < -0.39 is 0 Å². The average Bonchev–Trinajstić information content (AvgIpc) is 2.75. The van der Waals surface area contributed by atoms with Crippen molar-refractivity contribution in [2.45, 2.75) is 13.0 Å². The van der Waals surface area contributed by atoms with E-state index in [9.17, 15) is 0 Å². The summed E-state index contributed by atoms with van der Waals surface area (Å²) < 4.78 is 2.06. The minimum atomic E-state index is 0.535. The number of aromatic nitrogens is 2. The number of hydrogen-bond donors (Lipinski definition) is 1. The molecular weight excluding hydrogens is 218 g/mol. The van der Waals surface area contributed by atoms with E-state index in [0.717, 1.165) is 17.9 Å². The molecule has 0 atom stereocenters. The largest absolute Gasteiger partial charge is 0.393 e. The Balaban J connectivity index is 2.23. The first kappa shape index (κ1) is 10.8. The molecule has 16 heavy (non-hydrogen) atoms. The highest BCUT2D eigenvalue weighted by Crippen LogP contribution is 2.16. The fourth-order valence-electron chi connectivity index (χ4n) is 1.57.